The SMILES string of the molecule is Cc1cc(F)ccc1C(=O)NCc1ccc(N(C)C)cc1. The highest BCUT2D eigenvalue weighted by Crippen LogP contribution is 2.13. The maximum atomic E-state index is 13.0. The number of halogens is 1. The van der Waals surface area contributed by atoms with Crippen molar-refractivity contribution in [3.8, 4) is 0 Å². The Hall–Kier alpha value is -2.36. The van der Waals surface area contributed by atoms with Crippen LogP contribution in [0, 0.1) is 12.7 Å². The van der Waals surface area contributed by atoms with Crippen LogP contribution < -0.4 is 10.2 Å². The molecule has 3 nitrogen and oxygen atoms in total. The predicted molar refractivity (Wildman–Crippen MR) is 83.1 cm³/mol. The van der Waals surface area contributed by atoms with Gasteiger partial charge in [-0.2, -0.15) is 0 Å². The lowest BCUT2D eigenvalue weighted by molar-refractivity contribution is 0.0950. The maximum absolute atomic E-state index is 13.0. The molecule has 2 rings (SSSR count). The van der Waals surface area contributed by atoms with Crippen LogP contribution in [0.4, 0.5) is 10.1 Å². The Morgan fingerprint density at radius 2 is 1.81 bits per heavy atom. The van der Waals surface area contributed by atoms with Gasteiger partial charge in [-0.25, -0.2) is 4.39 Å². The molecule has 0 aliphatic carbocycles. The molecule has 110 valence electrons. The lowest BCUT2D eigenvalue weighted by Crippen LogP contribution is -2.23. The van der Waals surface area contributed by atoms with Crippen molar-refractivity contribution in [2.75, 3.05) is 19.0 Å². The summed E-state index contributed by atoms with van der Waals surface area (Å²) in [5.74, 6) is -0.521. The van der Waals surface area contributed by atoms with Crippen molar-refractivity contribution in [1.29, 1.82) is 0 Å². The third-order valence-corrected chi connectivity index (χ3v) is 3.34. The van der Waals surface area contributed by atoms with Gasteiger partial charge in [-0.3, -0.25) is 4.79 Å². The fourth-order valence-electron chi connectivity index (χ4n) is 2.07. The molecule has 0 atom stereocenters. The standard InChI is InChI=1S/C17H19FN2O/c1-12-10-14(18)6-9-16(12)17(21)19-11-13-4-7-15(8-5-13)20(2)3/h4-10H,11H2,1-3H3,(H,19,21). The van der Waals surface area contributed by atoms with Gasteiger partial charge in [-0.15, -0.1) is 0 Å². The molecule has 0 bridgehead atoms. The van der Waals surface area contributed by atoms with Crippen LogP contribution in [0.3, 0.4) is 0 Å². The first-order valence-electron chi connectivity index (χ1n) is 6.78. The molecular weight excluding hydrogens is 267 g/mol. The number of aryl methyl sites for hydroxylation is 1. The number of amides is 1. The Kier molecular flexibility index (Phi) is 4.58. The van der Waals surface area contributed by atoms with E-state index in [1.165, 1.54) is 18.2 Å². The molecule has 0 spiro atoms. The highest BCUT2D eigenvalue weighted by Gasteiger charge is 2.09. The molecule has 21 heavy (non-hydrogen) atoms. The number of nitrogens with zero attached hydrogens (tertiary/aromatic N) is 1. The average molecular weight is 286 g/mol. The van der Waals surface area contributed by atoms with Gasteiger partial charge in [0, 0.05) is 31.9 Å². The molecule has 0 aromatic heterocycles. The zero-order valence-electron chi connectivity index (χ0n) is 12.5. The molecule has 0 unspecified atom stereocenters. The van der Waals surface area contributed by atoms with Gasteiger partial charge in [0.25, 0.3) is 5.91 Å². The lowest BCUT2D eigenvalue weighted by Gasteiger charge is -2.13. The summed E-state index contributed by atoms with van der Waals surface area (Å²) in [5.41, 5.74) is 3.27. The van der Waals surface area contributed by atoms with E-state index < -0.39 is 0 Å². The van der Waals surface area contributed by atoms with Gasteiger partial charge < -0.3 is 10.2 Å². The number of carbonyl (C=O) groups is 1. The molecule has 4 heteroatoms. The van der Waals surface area contributed by atoms with Crippen molar-refractivity contribution in [3.05, 3.63) is 65.0 Å². The number of rotatable bonds is 4. The monoisotopic (exact) mass is 286 g/mol. The molecule has 0 heterocycles. The number of nitrogens with one attached hydrogen (secondary N) is 1. The van der Waals surface area contributed by atoms with Gasteiger partial charge in [0.15, 0.2) is 0 Å². The van der Waals surface area contributed by atoms with Crippen molar-refractivity contribution in [3.63, 3.8) is 0 Å². The Labute approximate surface area is 124 Å². The van der Waals surface area contributed by atoms with Crippen LogP contribution >= 0.6 is 0 Å². The van der Waals surface area contributed by atoms with Crippen LogP contribution in [0.5, 0.6) is 0 Å². The van der Waals surface area contributed by atoms with E-state index in [1.807, 2.05) is 43.3 Å². The van der Waals surface area contributed by atoms with E-state index in [-0.39, 0.29) is 11.7 Å². The third kappa shape index (κ3) is 3.81. The van der Waals surface area contributed by atoms with Crippen LogP contribution in [0.1, 0.15) is 21.5 Å². The van der Waals surface area contributed by atoms with E-state index in [0.29, 0.717) is 17.7 Å². The average Bonchev–Trinajstić information content (AvgIpc) is 2.45. The van der Waals surface area contributed by atoms with Crippen LogP contribution in [0.25, 0.3) is 0 Å². The summed E-state index contributed by atoms with van der Waals surface area (Å²) in [4.78, 5) is 14.1. The molecule has 1 amide bonds. The topological polar surface area (TPSA) is 32.3 Å². The van der Waals surface area contributed by atoms with E-state index in [0.717, 1.165) is 11.3 Å². The van der Waals surface area contributed by atoms with E-state index in [2.05, 4.69) is 5.32 Å². The zero-order valence-corrected chi connectivity index (χ0v) is 12.5. The van der Waals surface area contributed by atoms with Crippen molar-refractivity contribution in [2.45, 2.75) is 13.5 Å². The number of hydrogen-bond acceptors (Lipinski definition) is 2. The minimum atomic E-state index is -0.330. The summed E-state index contributed by atoms with van der Waals surface area (Å²) in [7, 11) is 3.96. The molecular formula is C17H19FN2O. The number of carbonyl (C=O) groups excluding carboxylic acids is 1. The van der Waals surface area contributed by atoms with Crippen LogP contribution in [0.15, 0.2) is 42.5 Å². The van der Waals surface area contributed by atoms with Crippen molar-refractivity contribution < 1.29 is 9.18 Å². The third-order valence-electron chi connectivity index (χ3n) is 3.34. The highest BCUT2D eigenvalue weighted by molar-refractivity contribution is 5.95. The Morgan fingerprint density at radius 1 is 1.14 bits per heavy atom. The van der Waals surface area contributed by atoms with E-state index in [9.17, 15) is 9.18 Å². The lowest BCUT2D eigenvalue weighted by atomic mass is 10.1. The molecule has 1 N–H and O–H groups in total. The molecule has 0 saturated heterocycles. The summed E-state index contributed by atoms with van der Waals surface area (Å²) in [6, 6.07) is 12.1. The molecule has 0 aliphatic rings. The van der Waals surface area contributed by atoms with Crippen LogP contribution in [0.2, 0.25) is 0 Å². The predicted octanol–water partition coefficient (Wildman–Crippen LogP) is 3.13. The van der Waals surface area contributed by atoms with Crippen LogP contribution in [-0.2, 0) is 6.54 Å². The Balaban J connectivity index is 2.00. The second-order valence-corrected chi connectivity index (χ2v) is 5.20. The largest absolute Gasteiger partial charge is 0.378 e. The van der Waals surface area contributed by atoms with Crippen molar-refractivity contribution >= 4 is 11.6 Å². The first-order valence-corrected chi connectivity index (χ1v) is 6.78. The number of anilines is 1. The molecule has 0 fully saturated rings. The second-order valence-electron chi connectivity index (χ2n) is 5.20. The van der Waals surface area contributed by atoms with Crippen molar-refractivity contribution in [1.82, 2.24) is 5.32 Å². The number of hydrogen-bond donors (Lipinski definition) is 1. The van der Waals surface area contributed by atoms with Gasteiger partial charge in [0.05, 0.1) is 0 Å². The molecule has 2 aromatic carbocycles. The van der Waals surface area contributed by atoms with Crippen molar-refractivity contribution in [2.24, 2.45) is 0 Å². The summed E-state index contributed by atoms with van der Waals surface area (Å²) < 4.78 is 13.0. The summed E-state index contributed by atoms with van der Waals surface area (Å²) in [6.07, 6.45) is 0. The summed E-state index contributed by atoms with van der Waals surface area (Å²) in [5, 5.41) is 2.85. The zero-order chi connectivity index (χ0) is 15.4. The molecule has 0 saturated carbocycles. The molecule has 0 radical (unpaired) electrons. The first-order chi connectivity index (χ1) is 9.97. The van der Waals surface area contributed by atoms with Gasteiger partial charge in [0.1, 0.15) is 5.82 Å². The van der Waals surface area contributed by atoms with E-state index >= 15 is 0 Å². The maximum Gasteiger partial charge on any atom is 0.251 e. The fraction of sp³-hybridized carbons (Fsp3) is 0.235. The quantitative estimate of drug-likeness (QED) is 0.936. The Bertz CT molecular complexity index is 636. The van der Waals surface area contributed by atoms with Gasteiger partial charge in [-0.1, -0.05) is 12.1 Å². The summed E-state index contributed by atoms with van der Waals surface area (Å²) >= 11 is 0. The van der Waals surface area contributed by atoms with E-state index in [1.54, 1.807) is 6.92 Å². The Morgan fingerprint density at radius 3 is 2.38 bits per heavy atom. The highest BCUT2D eigenvalue weighted by atomic mass is 19.1. The van der Waals surface area contributed by atoms with Gasteiger partial charge in [0.2, 0.25) is 0 Å². The van der Waals surface area contributed by atoms with Gasteiger partial charge in [-0.05, 0) is 48.4 Å². The smallest absolute Gasteiger partial charge is 0.251 e. The first kappa shape index (κ1) is 15.0. The minimum absolute atomic E-state index is 0.191. The number of benzene rings is 2. The molecule has 0 aliphatic heterocycles. The summed E-state index contributed by atoms with van der Waals surface area (Å²) in [6.45, 7) is 2.17. The molecule has 2 aromatic rings. The van der Waals surface area contributed by atoms with E-state index in [4.69, 9.17) is 0 Å². The normalized spacial score (nSPS) is 10.3. The van der Waals surface area contributed by atoms with Gasteiger partial charge >= 0.3 is 0 Å². The van der Waals surface area contributed by atoms with Crippen LogP contribution in [-0.4, -0.2) is 20.0 Å². The second kappa shape index (κ2) is 6.39. The fourth-order valence-corrected chi connectivity index (χ4v) is 2.07. The minimum Gasteiger partial charge on any atom is -0.378 e.